The van der Waals surface area contributed by atoms with Crippen LogP contribution in [0.2, 0.25) is 5.02 Å². The van der Waals surface area contributed by atoms with Crippen molar-refractivity contribution in [2.24, 2.45) is 10.1 Å². The van der Waals surface area contributed by atoms with Gasteiger partial charge in [0.2, 0.25) is 19.4 Å². The van der Waals surface area contributed by atoms with Gasteiger partial charge >= 0.3 is 0 Å². The van der Waals surface area contributed by atoms with Gasteiger partial charge in [0, 0.05) is 22.1 Å². The molecule has 11 heteroatoms. The van der Waals surface area contributed by atoms with Gasteiger partial charge in [0.05, 0.1) is 11.3 Å². The quantitative estimate of drug-likeness (QED) is 0.680. The number of carbonyl (C=O) groups is 1. The Balaban J connectivity index is 1.75. The van der Waals surface area contributed by atoms with Crippen LogP contribution >= 0.6 is 23.4 Å². The largest absolute Gasteiger partial charge is 0.318 e. The molecule has 1 amide bonds. The Labute approximate surface area is 188 Å². The lowest BCUT2D eigenvalue weighted by atomic mass is 10.1. The normalized spacial score (nSPS) is 17.8. The number of fused-ring (bicyclic) bond motifs is 1. The van der Waals surface area contributed by atoms with Gasteiger partial charge in [-0.3, -0.25) is 10.2 Å². The maximum atomic E-state index is 12.6. The lowest BCUT2D eigenvalue weighted by Gasteiger charge is -2.20. The molecule has 8 nitrogen and oxygen atoms in total. The molecular weight excluding hydrogens is 458 g/mol. The molecule has 0 radical (unpaired) electrons. The highest BCUT2D eigenvalue weighted by Gasteiger charge is 2.39. The zero-order chi connectivity index (χ0) is 22.5. The minimum atomic E-state index is -3.57. The number of sulfone groups is 1. The Morgan fingerprint density at radius 2 is 2.00 bits per heavy atom. The monoisotopic (exact) mass is 475 g/mol. The van der Waals surface area contributed by atoms with E-state index in [4.69, 9.17) is 17.0 Å². The molecule has 4 rings (SSSR count). The highest BCUT2D eigenvalue weighted by molar-refractivity contribution is 8.42. The van der Waals surface area contributed by atoms with E-state index in [1.54, 1.807) is 12.1 Å². The van der Waals surface area contributed by atoms with E-state index in [1.807, 2.05) is 42.7 Å². The fourth-order valence-electron chi connectivity index (χ4n) is 3.33. The van der Waals surface area contributed by atoms with Crippen molar-refractivity contribution in [1.29, 1.82) is 5.41 Å². The molecule has 1 aromatic carbocycles. The van der Waals surface area contributed by atoms with Gasteiger partial charge in [-0.2, -0.15) is 10.0 Å². The average Bonchev–Trinajstić information content (AvgIpc) is 3.26. The summed E-state index contributed by atoms with van der Waals surface area (Å²) in [5, 5.41) is 14.2. The molecule has 160 valence electrons. The van der Waals surface area contributed by atoms with Crippen molar-refractivity contribution in [2.75, 3.05) is 5.75 Å². The number of aliphatic imine (C=N–C) groups is 1. The van der Waals surface area contributed by atoms with E-state index in [0.29, 0.717) is 5.02 Å². The van der Waals surface area contributed by atoms with Crippen LogP contribution in [0.15, 0.2) is 46.0 Å². The summed E-state index contributed by atoms with van der Waals surface area (Å²) in [5.41, 5.74) is 3.44. The van der Waals surface area contributed by atoms with E-state index in [0.717, 1.165) is 39.4 Å². The molecule has 0 atom stereocenters. The molecule has 31 heavy (non-hydrogen) atoms. The Hall–Kier alpha value is -2.69. The maximum absolute atomic E-state index is 12.6. The predicted molar refractivity (Wildman–Crippen MR) is 125 cm³/mol. The molecule has 0 bridgehead atoms. The summed E-state index contributed by atoms with van der Waals surface area (Å²) in [7, 11) is -3.57. The minimum Gasteiger partial charge on any atom is -0.318 e. The summed E-state index contributed by atoms with van der Waals surface area (Å²) in [6.07, 6.45) is 1.58. The maximum Gasteiger partial charge on any atom is 0.283 e. The van der Waals surface area contributed by atoms with Crippen LogP contribution in [0.5, 0.6) is 0 Å². The number of hydrogen-bond acceptors (Lipinski definition) is 6. The Kier molecular flexibility index (Phi) is 5.40. The summed E-state index contributed by atoms with van der Waals surface area (Å²) >= 11 is 6.91. The predicted octanol–water partition coefficient (Wildman–Crippen LogP) is 3.76. The topological polar surface area (TPSA) is 108 Å². The van der Waals surface area contributed by atoms with Crippen LogP contribution < -0.4 is 0 Å². The molecule has 3 heterocycles. The van der Waals surface area contributed by atoms with Crippen LogP contribution in [0, 0.1) is 19.3 Å². The van der Waals surface area contributed by atoms with Crippen molar-refractivity contribution in [1.82, 2.24) is 9.58 Å². The molecule has 0 fully saturated rings. The number of rotatable bonds is 3. The van der Waals surface area contributed by atoms with Crippen molar-refractivity contribution in [2.45, 2.75) is 20.8 Å². The molecule has 0 aliphatic carbocycles. The number of benzene rings is 1. The second-order valence-electron chi connectivity index (χ2n) is 6.93. The fourth-order valence-corrected chi connectivity index (χ4v) is 5.67. The molecule has 2 aromatic rings. The number of nitrogens with one attached hydrogen (secondary N) is 1. The number of amides is 1. The highest BCUT2D eigenvalue weighted by Crippen LogP contribution is 2.31. The van der Waals surface area contributed by atoms with Crippen LogP contribution in [-0.4, -0.2) is 45.0 Å². The highest BCUT2D eigenvalue weighted by atomic mass is 35.5. The van der Waals surface area contributed by atoms with Gasteiger partial charge in [0.15, 0.2) is 5.84 Å². The summed E-state index contributed by atoms with van der Waals surface area (Å²) in [4.78, 5) is 16.6. The SMILES string of the molecule is CCS(=O)(=O)C1=NN2C(=N)/C(=C\c3cc(C)n(-c4cccc(Cl)c4)c3C)C(=O)N=C2S1. The van der Waals surface area contributed by atoms with Crippen LogP contribution in [0.1, 0.15) is 23.9 Å². The van der Waals surface area contributed by atoms with Crippen LogP contribution in [0.25, 0.3) is 11.8 Å². The standard InChI is InChI=1S/C20H18ClN5O3S2/c1-4-31(28,29)20-24-26-17(22)16(18(27)23-19(26)30-20)9-13-8-11(2)25(12(13)3)15-7-5-6-14(21)10-15/h5-10,22H,4H2,1-3H3/b16-9+,22-17?. The number of hydrogen-bond donors (Lipinski definition) is 1. The van der Waals surface area contributed by atoms with E-state index in [9.17, 15) is 13.2 Å². The van der Waals surface area contributed by atoms with Crippen LogP contribution in [0.3, 0.4) is 0 Å². The summed E-state index contributed by atoms with van der Waals surface area (Å²) in [6, 6.07) is 9.32. The fraction of sp³-hybridized carbons (Fsp3) is 0.200. The Morgan fingerprint density at radius 3 is 2.68 bits per heavy atom. The van der Waals surface area contributed by atoms with E-state index < -0.39 is 15.7 Å². The molecule has 0 saturated carbocycles. The molecular formula is C20H18ClN5O3S2. The number of aromatic nitrogens is 1. The smallest absolute Gasteiger partial charge is 0.283 e. The number of carbonyl (C=O) groups excluding carboxylic acids is 1. The second kappa shape index (κ2) is 7.77. The van der Waals surface area contributed by atoms with Crippen molar-refractivity contribution < 1.29 is 13.2 Å². The first-order valence-corrected chi connectivity index (χ1v) is 12.1. The number of amidine groups is 2. The van der Waals surface area contributed by atoms with Crippen LogP contribution in [0.4, 0.5) is 0 Å². The number of halogens is 1. The average molecular weight is 476 g/mol. The van der Waals surface area contributed by atoms with Crippen LogP contribution in [-0.2, 0) is 14.6 Å². The molecule has 2 aliphatic heterocycles. The van der Waals surface area contributed by atoms with E-state index in [-0.39, 0.29) is 26.7 Å². The molecule has 1 N–H and O–H groups in total. The number of nitrogens with zero attached hydrogens (tertiary/aromatic N) is 4. The Bertz CT molecular complexity index is 1340. The first-order chi connectivity index (χ1) is 14.6. The van der Waals surface area contributed by atoms with Gasteiger partial charge in [-0.25, -0.2) is 8.42 Å². The van der Waals surface area contributed by atoms with Crippen molar-refractivity contribution in [3.63, 3.8) is 0 Å². The second-order valence-corrected chi connectivity index (χ2v) is 10.8. The first kappa shape index (κ1) is 21.5. The van der Waals surface area contributed by atoms with Gasteiger partial charge in [-0.15, -0.1) is 5.10 Å². The van der Waals surface area contributed by atoms with Gasteiger partial charge < -0.3 is 4.57 Å². The van der Waals surface area contributed by atoms with Gasteiger partial charge in [-0.1, -0.05) is 24.6 Å². The minimum absolute atomic E-state index is 0.0367. The van der Waals surface area contributed by atoms with E-state index in [2.05, 4.69) is 10.1 Å². The van der Waals surface area contributed by atoms with E-state index in [1.165, 1.54) is 6.92 Å². The van der Waals surface area contributed by atoms with Crippen molar-refractivity contribution in [3.8, 4) is 5.69 Å². The molecule has 0 unspecified atom stereocenters. The third-order valence-electron chi connectivity index (χ3n) is 4.92. The van der Waals surface area contributed by atoms with Gasteiger partial charge in [-0.05, 0) is 61.5 Å². The lowest BCUT2D eigenvalue weighted by molar-refractivity contribution is -0.114. The summed E-state index contributed by atoms with van der Waals surface area (Å²) < 4.78 is 26.1. The van der Waals surface area contributed by atoms with Gasteiger partial charge in [0.1, 0.15) is 0 Å². The third kappa shape index (κ3) is 3.75. The first-order valence-electron chi connectivity index (χ1n) is 9.30. The zero-order valence-electron chi connectivity index (χ0n) is 16.9. The van der Waals surface area contributed by atoms with E-state index >= 15 is 0 Å². The van der Waals surface area contributed by atoms with Crippen molar-refractivity contribution >= 4 is 60.6 Å². The Morgan fingerprint density at radius 1 is 1.26 bits per heavy atom. The van der Waals surface area contributed by atoms with Crippen molar-refractivity contribution in [3.05, 3.63) is 57.9 Å². The zero-order valence-corrected chi connectivity index (χ0v) is 19.3. The number of thioether (sulfide) groups is 1. The molecule has 2 aliphatic rings. The molecule has 0 spiro atoms. The summed E-state index contributed by atoms with van der Waals surface area (Å²) in [5.74, 6) is -0.947. The van der Waals surface area contributed by atoms with Gasteiger partial charge in [0.25, 0.3) is 5.91 Å². The molecule has 0 saturated heterocycles. The molecule has 1 aromatic heterocycles. The lowest BCUT2D eigenvalue weighted by Crippen LogP contribution is -2.35. The summed E-state index contributed by atoms with van der Waals surface area (Å²) in [6.45, 7) is 5.35. The number of hydrazone groups is 1. The number of aryl methyl sites for hydroxylation is 1. The third-order valence-corrected chi connectivity index (χ3v) is 8.24.